The van der Waals surface area contributed by atoms with Gasteiger partial charge in [0, 0.05) is 21.9 Å². The van der Waals surface area contributed by atoms with Crippen LogP contribution in [0.25, 0.3) is 0 Å². The van der Waals surface area contributed by atoms with E-state index in [9.17, 15) is 0 Å². The van der Waals surface area contributed by atoms with Gasteiger partial charge in [0.05, 0.1) is 11.4 Å². The van der Waals surface area contributed by atoms with Gasteiger partial charge in [-0.25, -0.2) is 0 Å². The number of para-hydroxylation sites is 2. The van der Waals surface area contributed by atoms with Crippen molar-refractivity contribution in [1.82, 2.24) is 0 Å². The lowest BCUT2D eigenvalue weighted by Gasteiger charge is -2.29. The molecule has 0 bridgehead atoms. The molecule has 3 rings (SSSR count). The monoisotopic (exact) mass is 504 g/mol. The zero-order valence-electron chi connectivity index (χ0n) is 24.4. The number of aliphatic imine (C=N–C) groups is 2. The second-order valence-electron chi connectivity index (χ2n) is 11.7. The molecule has 0 amide bonds. The quantitative estimate of drug-likeness (QED) is 0.328. The molecule has 2 unspecified atom stereocenters. The zero-order valence-corrected chi connectivity index (χ0v) is 25.2. The Hall–Kier alpha value is -1.87. The second-order valence-corrected chi connectivity index (χ2v) is 13.1. The highest BCUT2D eigenvalue weighted by molar-refractivity contribution is 8.02. The van der Waals surface area contributed by atoms with Gasteiger partial charge in [0.15, 0.2) is 0 Å². The maximum absolute atomic E-state index is 5.33. The van der Waals surface area contributed by atoms with Gasteiger partial charge in [0.2, 0.25) is 0 Å². The van der Waals surface area contributed by atoms with Crippen LogP contribution in [0, 0.1) is 0 Å². The summed E-state index contributed by atoms with van der Waals surface area (Å²) in [5.74, 6) is 1.86. The molecule has 1 aliphatic rings. The van der Waals surface area contributed by atoms with Crippen LogP contribution < -0.4 is 0 Å². The molecule has 0 radical (unpaired) electrons. The summed E-state index contributed by atoms with van der Waals surface area (Å²) in [5.41, 5.74) is 10.4. The molecule has 0 aliphatic carbocycles. The van der Waals surface area contributed by atoms with Crippen molar-refractivity contribution in [2.75, 3.05) is 0 Å². The van der Waals surface area contributed by atoms with Crippen molar-refractivity contribution in [3.63, 3.8) is 0 Å². The molecule has 2 nitrogen and oxygen atoms in total. The Labute approximate surface area is 225 Å². The summed E-state index contributed by atoms with van der Waals surface area (Å²) in [4.78, 5) is 10.7. The van der Waals surface area contributed by atoms with Crippen LogP contribution in [0.3, 0.4) is 0 Å². The van der Waals surface area contributed by atoms with Crippen molar-refractivity contribution in [3.8, 4) is 0 Å². The van der Waals surface area contributed by atoms with E-state index in [-0.39, 0.29) is 0 Å². The first kappa shape index (κ1) is 28.7. The molecule has 1 fully saturated rings. The number of rotatable bonds is 8. The molecular formula is C33H48N2S. The van der Waals surface area contributed by atoms with E-state index in [2.05, 4.69) is 117 Å². The van der Waals surface area contributed by atoms with Crippen LogP contribution in [-0.2, 0) is 0 Å². The van der Waals surface area contributed by atoms with Crippen molar-refractivity contribution in [1.29, 1.82) is 0 Å². The molecule has 2 atom stereocenters. The third-order valence-electron chi connectivity index (χ3n) is 7.45. The van der Waals surface area contributed by atoms with Gasteiger partial charge in [-0.15, -0.1) is 11.8 Å². The first-order valence-corrected chi connectivity index (χ1v) is 15.0. The topological polar surface area (TPSA) is 24.7 Å². The summed E-state index contributed by atoms with van der Waals surface area (Å²) >= 11 is 2.08. The van der Waals surface area contributed by atoms with Crippen molar-refractivity contribution in [3.05, 3.63) is 58.7 Å². The summed E-state index contributed by atoms with van der Waals surface area (Å²) in [6, 6.07) is 13.4. The van der Waals surface area contributed by atoms with Gasteiger partial charge < -0.3 is 0 Å². The minimum absolute atomic E-state index is 0.444. The van der Waals surface area contributed by atoms with E-state index in [0.29, 0.717) is 34.2 Å². The molecule has 0 spiro atoms. The Morgan fingerprint density at radius 3 is 1.19 bits per heavy atom. The van der Waals surface area contributed by atoms with Crippen molar-refractivity contribution >= 4 is 34.6 Å². The second kappa shape index (κ2) is 12.6. The fourth-order valence-corrected chi connectivity index (χ4v) is 6.72. The normalized spacial score (nSPS) is 19.7. The summed E-state index contributed by atoms with van der Waals surface area (Å²) in [7, 11) is 0. The summed E-state index contributed by atoms with van der Waals surface area (Å²) in [5, 5.41) is 0.887. The molecule has 1 heterocycles. The van der Waals surface area contributed by atoms with Gasteiger partial charge in [-0.05, 0) is 72.6 Å². The third-order valence-corrected chi connectivity index (χ3v) is 9.27. The Morgan fingerprint density at radius 2 is 0.917 bits per heavy atom. The van der Waals surface area contributed by atoms with Gasteiger partial charge in [-0.2, -0.15) is 0 Å². The molecule has 3 heteroatoms. The van der Waals surface area contributed by atoms with Crippen molar-refractivity contribution in [2.45, 2.75) is 123 Å². The lowest BCUT2D eigenvalue weighted by molar-refractivity contribution is 0.701. The number of hydrogen-bond donors (Lipinski definition) is 0. The molecule has 0 aromatic heterocycles. The van der Waals surface area contributed by atoms with Crippen LogP contribution in [0.4, 0.5) is 11.4 Å². The number of nitrogens with zero attached hydrogens (tertiary/aromatic N) is 2. The fourth-order valence-electron chi connectivity index (χ4n) is 5.22. The molecule has 0 saturated carbocycles. The van der Waals surface area contributed by atoms with Crippen molar-refractivity contribution in [2.24, 2.45) is 9.98 Å². The molecule has 1 saturated heterocycles. The highest BCUT2D eigenvalue weighted by Gasteiger charge is 2.27. The Bertz CT molecular complexity index is 953. The predicted molar refractivity (Wildman–Crippen MR) is 164 cm³/mol. The van der Waals surface area contributed by atoms with Gasteiger partial charge in [-0.3, -0.25) is 9.98 Å². The van der Waals surface area contributed by atoms with Crippen LogP contribution in [0.2, 0.25) is 0 Å². The van der Waals surface area contributed by atoms with E-state index in [1.54, 1.807) is 0 Å². The minimum atomic E-state index is 0.444. The highest BCUT2D eigenvalue weighted by Crippen LogP contribution is 2.40. The molecule has 1 aliphatic heterocycles. The van der Waals surface area contributed by atoms with Crippen LogP contribution in [0.1, 0.15) is 134 Å². The minimum Gasteiger partial charge on any atom is -0.256 e. The average Bonchev–Trinajstić information content (AvgIpc) is 2.83. The Morgan fingerprint density at radius 1 is 0.611 bits per heavy atom. The summed E-state index contributed by atoms with van der Waals surface area (Å²) in [6.07, 6.45) is 3.63. The Balaban J connectivity index is 1.92. The highest BCUT2D eigenvalue weighted by atomic mass is 32.2. The van der Waals surface area contributed by atoms with E-state index >= 15 is 0 Å². The molecule has 2 aromatic rings. The first-order chi connectivity index (χ1) is 17.0. The van der Waals surface area contributed by atoms with Gasteiger partial charge in [0.25, 0.3) is 0 Å². The standard InChI is InChI=1S/C33H48N2S/c1-20(2)26-14-11-15-27(21(3)4)32(26)34-24(9)30-18-13-19-31(36-30)25(10)35-33-28(22(5)6)16-12-17-29(33)23(7)8/h11-12,14-17,20-23,30-31H,13,18-19H2,1-10H3. The first-order valence-electron chi connectivity index (χ1n) is 14.0. The SMILES string of the molecule is CC(=Nc1c(C(C)C)cccc1C(C)C)C1CCCC(C(C)=Nc2c(C(C)C)cccc2C(C)C)S1. The lowest BCUT2D eigenvalue weighted by atomic mass is 9.92. The summed E-state index contributed by atoms with van der Waals surface area (Å²) < 4.78 is 0. The Kier molecular flexibility index (Phi) is 10.0. The van der Waals surface area contributed by atoms with E-state index in [1.807, 2.05) is 0 Å². The molecule has 2 aromatic carbocycles. The number of benzene rings is 2. The molecular weight excluding hydrogens is 456 g/mol. The van der Waals surface area contributed by atoms with Gasteiger partial charge in [-0.1, -0.05) is 98.2 Å². The largest absolute Gasteiger partial charge is 0.256 e. The van der Waals surface area contributed by atoms with Crippen LogP contribution in [0.15, 0.2) is 46.4 Å². The predicted octanol–water partition coefficient (Wildman–Crippen LogP) is 10.7. The third kappa shape index (κ3) is 6.71. The molecule has 196 valence electrons. The van der Waals surface area contributed by atoms with Crippen LogP contribution in [-0.4, -0.2) is 21.9 Å². The number of hydrogen-bond acceptors (Lipinski definition) is 3. The van der Waals surface area contributed by atoms with E-state index in [4.69, 9.17) is 9.98 Å². The lowest BCUT2D eigenvalue weighted by Crippen LogP contribution is -2.27. The van der Waals surface area contributed by atoms with Gasteiger partial charge in [0.1, 0.15) is 0 Å². The van der Waals surface area contributed by atoms with Crippen LogP contribution in [0.5, 0.6) is 0 Å². The summed E-state index contributed by atoms with van der Waals surface area (Å²) in [6.45, 7) is 22.7. The van der Waals surface area contributed by atoms with Crippen molar-refractivity contribution < 1.29 is 0 Å². The number of thioether (sulfide) groups is 1. The maximum atomic E-state index is 5.33. The van der Waals surface area contributed by atoms with Crippen LogP contribution >= 0.6 is 11.8 Å². The molecule has 0 N–H and O–H groups in total. The smallest absolute Gasteiger partial charge is 0.0698 e. The fraction of sp³-hybridized carbons (Fsp3) is 0.576. The zero-order chi connectivity index (χ0) is 26.6. The van der Waals surface area contributed by atoms with E-state index in [0.717, 1.165) is 0 Å². The molecule has 36 heavy (non-hydrogen) atoms. The van der Waals surface area contributed by atoms with E-state index in [1.165, 1.54) is 64.3 Å². The average molecular weight is 505 g/mol. The maximum Gasteiger partial charge on any atom is 0.0698 e. The van der Waals surface area contributed by atoms with E-state index < -0.39 is 0 Å². The van der Waals surface area contributed by atoms with Gasteiger partial charge >= 0.3 is 0 Å².